The number of nitrogens with one attached hydrogen (secondary N) is 2. The van der Waals surface area contributed by atoms with Crippen molar-refractivity contribution in [3.05, 3.63) is 54.6 Å². The van der Waals surface area contributed by atoms with E-state index in [2.05, 4.69) is 17.6 Å². The Balaban J connectivity index is 1.70. The molecular formula is C19H24N2O3. The van der Waals surface area contributed by atoms with Crippen molar-refractivity contribution in [3.63, 3.8) is 0 Å². The normalized spacial score (nSPS) is 10.2. The van der Waals surface area contributed by atoms with Crippen LogP contribution in [0.3, 0.4) is 0 Å². The molecule has 0 atom stereocenters. The van der Waals surface area contributed by atoms with Gasteiger partial charge in [-0.3, -0.25) is 0 Å². The van der Waals surface area contributed by atoms with Crippen LogP contribution < -0.4 is 15.4 Å². The zero-order valence-electron chi connectivity index (χ0n) is 14.0. The molecule has 0 heterocycles. The van der Waals surface area contributed by atoms with Crippen LogP contribution in [0.2, 0.25) is 0 Å². The van der Waals surface area contributed by atoms with E-state index in [4.69, 9.17) is 9.47 Å². The van der Waals surface area contributed by atoms with Crippen molar-refractivity contribution in [2.24, 2.45) is 0 Å². The summed E-state index contributed by atoms with van der Waals surface area (Å²) in [6.07, 6.45) is 1.81. The summed E-state index contributed by atoms with van der Waals surface area (Å²) in [5, 5.41) is 5.59. The molecule has 24 heavy (non-hydrogen) atoms. The lowest BCUT2D eigenvalue weighted by Crippen LogP contribution is -2.30. The molecule has 5 heteroatoms. The Bertz CT molecular complexity index is 600. The van der Waals surface area contributed by atoms with Gasteiger partial charge in [-0.05, 0) is 49.2 Å². The molecule has 2 aromatic rings. The van der Waals surface area contributed by atoms with Crippen molar-refractivity contribution >= 4 is 11.7 Å². The van der Waals surface area contributed by atoms with Crippen LogP contribution in [0.5, 0.6) is 11.5 Å². The fraction of sp³-hybridized carbons (Fsp3) is 0.316. The van der Waals surface area contributed by atoms with Crippen LogP contribution in [0.15, 0.2) is 54.6 Å². The quantitative estimate of drug-likeness (QED) is 0.670. The molecule has 0 saturated carbocycles. The zero-order valence-corrected chi connectivity index (χ0v) is 14.0. The molecule has 0 aliphatic carbocycles. The van der Waals surface area contributed by atoms with Crippen molar-refractivity contribution in [3.8, 4) is 11.5 Å². The molecule has 0 bridgehead atoms. The average Bonchev–Trinajstić information content (AvgIpc) is 2.61. The molecule has 0 fully saturated rings. The lowest BCUT2D eigenvalue weighted by molar-refractivity contribution is 0.132. The van der Waals surface area contributed by atoms with Gasteiger partial charge in [-0.2, -0.15) is 0 Å². The SMILES string of the molecule is CCCOCCCNC(=O)Nc1ccc(Oc2ccccc2)cc1. The number of carbonyl (C=O) groups excluding carboxylic acids is 1. The highest BCUT2D eigenvalue weighted by molar-refractivity contribution is 5.89. The van der Waals surface area contributed by atoms with Crippen LogP contribution in [0.1, 0.15) is 19.8 Å². The van der Waals surface area contributed by atoms with Crippen LogP contribution in [0.4, 0.5) is 10.5 Å². The predicted molar refractivity (Wildman–Crippen MR) is 95.7 cm³/mol. The van der Waals surface area contributed by atoms with Crippen molar-refractivity contribution in [2.75, 3.05) is 25.1 Å². The topological polar surface area (TPSA) is 59.6 Å². The molecule has 2 amide bonds. The van der Waals surface area contributed by atoms with Gasteiger partial charge in [-0.1, -0.05) is 25.1 Å². The number of hydrogen-bond donors (Lipinski definition) is 2. The molecule has 0 radical (unpaired) electrons. The molecule has 2 rings (SSSR count). The van der Waals surface area contributed by atoms with Gasteiger partial charge in [0.1, 0.15) is 11.5 Å². The van der Waals surface area contributed by atoms with Crippen molar-refractivity contribution in [1.29, 1.82) is 0 Å². The molecule has 5 nitrogen and oxygen atoms in total. The van der Waals surface area contributed by atoms with E-state index in [-0.39, 0.29) is 6.03 Å². The number of amides is 2. The Morgan fingerprint density at radius 3 is 2.38 bits per heavy atom. The maximum atomic E-state index is 11.8. The smallest absolute Gasteiger partial charge is 0.319 e. The van der Waals surface area contributed by atoms with E-state index < -0.39 is 0 Å². The summed E-state index contributed by atoms with van der Waals surface area (Å²) in [6.45, 7) is 4.09. The Labute approximate surface area is 143 Å². The lowest BCUT2D eigenvalue weighted by Gasteiger charge is -2.09. The van der Waals surface area contributed by atoms with Crippen LogP contribution in [-0.2, 0) is 4.74 Å². The van der Waals surface area contributed by atoms with Crippen molar-refractivity contribution in [2.45, 2.75) is 19.8 Å². The van der Waals surface area contributed by atoms with E-state index >= 15 is 0 Å². The molecule has 0 unspecified atom stereocenters. The summed E-state index contributed by atoms with van der Waals surface area (Å²) in [5.41, 5.74) is 0.718. The van der Waals surface area contributed by atoms with E-state index in [9.17, 15) is 4.79 Å². The zero-order chi connectivity index (χ0) is 17.0. The number of ether oxygens (including phenoxy) is 2. The molecule has 0 spiro atoms. The molecule has 0 aliphatic heterocycles. The predicted octanol–water partition coefficient (Wildman–Crippen LogP) is 4.42. The van der Waals surface area contributed by atoms with Gasteiger partial charge in [0.25, 0.3) is 0 Å². The first kappa shape index (κ1) is 17.8. The minimum atomic E-state index is -0.220. The second-order valence-electron chi connectivity index (χ2n) is 5.29. The molecular weight excluding hydrogens is 304 g/mol. The highest BCUT2D eigenvalue weighted by Crippen LogP contribution is 2.22. The van der Waals surface area contributed by atoms with Crippen LogP contribution in [-0.4, -0.2) is 25.8 Å². The number of urea groups is 1. The first-order chi connectivity index (χ1) is 11.8. The van der Waals surface area contributed by atoms with Gasteiger partial charge in [0.05, 0.1) is 0 Å². The molecule has 0 saturated heterocycles. The van der Waals surface area contributed by atoms with Gasteiger partial charge in [-0.25, -0.2) is 4.79 Å². The minimum Gasteiger partial charge on any atom is -0.457 e. The second-order valence-corrected chi connectivity index (χ2v) is 5.29. The van der Waals surface area contributed by atoms with Crippen LogP contribution in [0, 0.1) is 0 Å². The van der Waals surface area contributed by atoms with Gasteiger partial charge >= 0.3 is 6.03 Å². The standard InChI is InChI=1S/C19H24N2O3/c1-2-14-23-15-6-13-20-19(22)21-16-9-11-18(12-10-16)24-17-7-4-3-5-8-17/h3-5,7-12H,2,6,13-15H2,1H3,(H2,20,21,22). The maximum absolute atomic E-state index is 11.8. The number of para-hydroxylation sites is 1. The van der Waals surface area contributed by atoms with Gasteiger partial charge in [0.15, 0.2) is 0 Å². The molecule has 0 aliphatic rings. The van der Waals surface area contributed by atoms with Crippen LogP contribution in [0.25, 0.3) is 0 Å². The van der Waals surface area contributed by atoms with Gasteiger partial charge in [0.2, 0.25) is 0 Å². The fourth-order valence-corrected chi connectivity index (χ4v) is 2.03. The molecule has 128 valence electrons. The summed E-state index contributed by atoms with van der Waals surface area (Å²) in [4.78, 5) is 11.8. The number of carbonyl (C=O) groups is 1. The molecule has 2 aromatic carbocycles. The average molecular weight is 328 g/mol. The first-order valence-corrected chi connectivity index (χ1v) is 8.23. The lowest BCUT2D eigenvalue weighted by atomic mass is 10.3. The number of hydrogen-bond acceptors (Lipinski definition) is 3. The number of anilines is 1. The number of benzene rings is 2. The van der Waals surface area contributed by atoms with E-state index in [1.807, 2.05) is 54.6 Å². The third-order valence-corrected chi connectivity index (χ3v) is 3.19. The van der Waals surface area contributed by atoms with Crippen molar-refractivity contribution in [1.82, 2.24) is 5.32 Å². The third kappa shape index (κ3) is 6.71. The third-order valence-electron chi connectivity index (χ3n) is 3.19. The molecule has 0 aromatic heterocycles. The maximum Gasteiger partial charge on any atom is 0.319 e. The Kier molecular flexibility index (Phi) is 7.63. The van der Waals surface area contributed by atoms with E-state index in [1.54, 1.807) is 0 Å². The fourth-order valence-electron chi connectivity index (χ4n) is 2.03. The van der Waals surface area contributed by atoms with E-state index in [1.165, 1.54) is 0 Å². The largest absolute Gasteiger partial charge is 0.457 e. The highest BCUT2D eigenvalue weighted by atomic mass is 16.5. The summed E-state index contributed by atoms with van der Waals surface area (Å²) in [6, 6.07) is 16.6. The summed E-state index contributed by atoms with van der Waals surface area (Å²) in [7, 11) is 0. The van der Waals surface area contributed by atoms with E-state index in [0.717, 1.165) is 36.6 Å². The van der Waals surface area contributed by atoms with Gasteiger partial charge in [-0.15, -0.1) is 0 Å². The summed E-state index contributed by atoms with van der Waals surface area (Å²) >= 11 is 0. The second kappa shape index (κ2) is 10.3. The van der Waals surface area contributed by atoms with Gasteiger partial charge in [0, 0.05) is 25.4 Å². The Morgan fingerprint density at radius 2 is 1.67 bits per heavy atom. The highest BCUT2D eigenvalue weighted by Gasteiger charge is 2.02. The van der Waals surface area contributed by atoms with E-state index in [0.29, 0.717) is 13.2 Å². The summed E-state index contributed by atoms with van der Waals surface area (Å²) < 4.78 is 11.1. The van der Waals surface area contributed by atoms with Crippen LogP contribution >= 0.6 is 0 Å². The van der Waals surface area contributed by atoms with Gasteiger partial charge < -0.3 is 20.1 Å². The van der Waals surface area contributed by atoms with Crippen molar-refractivity contribution < 1.29 is 14.3 Å². The molecule has 2 N–H and O–H groups in total. The number of rotatable bonds is 9. The first-order valence-electron chi connectivity index (χ1n) is 8.23. The Hall–Kier alpha value is -2.53. The minimum absolute atomic E-state index is 0.220. The summed E-state index contributed by atoms with van der Waals surface area (Å²) in [5.74, 6) is 1.50. The monoisotopic (exact) mass is 328 g/mol. The Morgan fingerprint density at radius 1 is 0.958 bits per heavy atom.